The van der Waals surface area contributed by atoms with Crippen molar-refractivity contribution in [2.45, 2.75) is 44.1 Å². The molecule has 2 N–H and O–H groups in total. The van der Waals surface area contributed by atoms with E-state index in [0.29, 0.717) is 0 Å². The summed E-state index contributed by atoms with van der Waals surface area (Å²) in [5.41, 5.74) is 10.4. The summed E-state index contributed by atoms with van der Waals surface area (Å²) in [5.74, 6) is 1.05. The molecule has 0 saturated heterocycles. The first-order valence-corrected chi connectivity index (χ1v) is 7.36. The molecule has 0 atom stereocenters. The highest BCUT2D eigenvalue weighted by Crippen LogP contribution is 2.45. The standard InChI is InChI=1S/C16H24N2O/c1-18-11-5-6-12-14(18)8-7-13(15(12)19-2)16(17)9-3-4-10-16/h7-8H,3-6,9-11,17H2,1-2H3. The van der Waals surface area contributed by atoms with Crippen LogP contribution in [0, 0.1) is 0 Å². The number of methoxy groups -OCH3 is 1. The average Bonchev–Trinajstić information content (AvgIpc) is 2.86. The van der Waals surface area contributed by atoms with Gasteiger partial charge in [0.05, 0.1) is 7.11 Å². The van der Waals surface area contributed by atoms with Gasteiger partial charge in [-0.3, -0.25) is 0 Å². The summed E-state index contributed by atoms with van der Waals surface area (Å²) >= 11 is 0. The van der Waals surface area contributed by atoms with Crippen LogP contribution >= 0.6 is 0 Å². The van der Waals surface area contributed by atoms with Crippen molar-refractivity contribution in [1.29, 1.82) is 0 Å². The summed E-state index contributed by atoms with van der Waals surface area (Å²) in [7, 11) is 3.94. The molecule has 1 fully saturated rings. The summed E-state index contributed by atoms with van der Waals surface area (Å²) in [6, 6.07) is 4.43. The lowest BCUT2D eigenvalue weighted by molar-refractivity contribution is 0.374. The zero-order valence-corrected chi connectivity index (χ0v) is 12.0. The summed E-state index contributed by atoms with van der Waals surface area (Å²) in [5, 5.41) is 0. The Labute approximate surface area is 115 Å². The third kappa shape index (κ3) is 2.00. The fourth-order valence-corrected chi connectivity index (χ4v) is 3.73. The highest BCUT2D eigenvalue weighted by Gasteiger charge is 2.35. The molecule has 0 radical (unpaired) electrons. The Balaban J connectivity index is 2.11. The van der Waals surface area contributed by atoms with Crippen molar-refractivity contribution in [2.75, 3.05) is 25.6 Å². The van der Waals surface area contributed by atoms with Crippen molar-refractivity contribution >= 4 is 5.69 Å². The zero-order chi connectivity index (χ0) is 13.5. The van der Waals surface area contributed by atoms with E-state index in [0.717, 1.165) is 31.6 Å². The monoisotopic (exact) mass is 260 g/mol. The van der Waals surface area contributed by atoms with Crippen molar-refractivity contribution in [2.24, 2.45) is 5.73 Å². The number of rotatable bonds is 2. The predicted molar refractivity (Wildman–Crippen MR) is 78.9 cm³/mol. The van der Waals surface area contributed by atoms with Crippen molar-refractivity contribution in [1.82, 2.24) is 0 Å². The molecule has 2 aliphatic rings. The minimum absolute atomic E-state index is 0.170. The summed E-state index contributed by atoms with van der Waals surface area (Å²) in [4.78, 5) is 2.32. The molecule has 0 bridgehead atoms. The lowest BCUT2D eigenvalue weighted by Crippen LogP contribution is -2.34. The molecular weight excluding hydrogens is 236 g/mol. The molecule has 1 aromatic carbocycles. The number of nitrogens with two attached hydrogens (primary N) is 1. The maximum Gasteiger partial charge on any atom is 0.129 e. The summed E-state index contributed by atoms with van der Waals surface area (Å²) in [6.07, 6.45) is 6.93. The van der Waals surface area contributed by atoms with Gasteiger partial charge in [0.25, 0.3) is 0 Å². The summed E-state index contributed by atoms with van der Waals surface area (Å²) < 4.78 is 5.76. The number of hydrogen-bond acceptors (Lipinski definition) is 3. The van der Waals surface area contributed by atoms with E-state index in [1.54, 1.807) is 7.11 Å². The molecule has 3 nitrogen and oxygen atoms in total. The molecule has 0 unspecified atom stereocenters. The molecule has 3 heteroatoms. The van der Waals surface area contributed by atoms with E-state index in [4.69, 9.17) is 10.5 Å². The van der Waals surface area contributed by atoms with Crippen molar-refractivity contribution < 1.29 is 4.74 Å². The molecule has 1 aromatic rings. The van der Waals surface area contributed by atoms with Gasteiger partial charge in [0.1, 0.15) is 5.75 Å². The van der Waals surface area contributed by atoms with Crippen LogP contribution in [0.5, 0.6) is 5.75 Å². The molecule has 3 rings (SSSR count). The first kappa shape index (κ1) is 12.8. The lowest BCUT2D eigenvalue weighted by Gasteiger charge is -2.33. The first-order chi connectivity index (χ1) is 9.15. The van der Waals surface area contributed by atoms with E-state index in [2.05, 4.69) is 24.1 Å². The smallest absolute Gasteiger partial charge is 0.129 e. The van der Waals surface area contributed by atoms with Gasteiger partial charge in [0.15, 0.2) is 0 Å². The Morgan fingerprint density at radius 1 is 1.21 bits per heavy atom. The number of hydrogen-bond donors (Lipinski definition) is 1. The molecule has 0 amide bonds. The van der Waals surface area contributed by atoms with Crippen LogP contribution in [-0.4, -0.2) is 20.7 Å². The van der Waals surface area contributed by atoms with E-state index in [-0.39, 0.29) is 5.54 Å². The molecule has 1 aliphatic heterocycles. The van der Waals surface area contributed by atoms with Gasteiger partial charge < -0.3 is 15.4 Å². The van der Waals surface area contributed by atoms with Gasteiger partial charge in [-0.15, -0.1) is 0 Å². The minimum Gasteiger partial charge on any atom is -0.496 e. The van der Waals surface area contributed by atoms with Gasteiger partial charge in [-0.25, -0.2) is 0 Å². The molecule has 19 heavy (non-hydrogen) atoms. The van der Waals surface area contributed by atoms with Crippen LogP contribution < -0.4 is 15.4 Å². The van der Waals surface area contributed by atoms with E-state index in [1.165, 1.54) is 36.1 Å². The first-order valence-electron chi connectivity index (χ1n) is 7.36. The molecule has 104 valence electrons. The van der Waals surface area contributed by atoms with Gasteiger partial charge in [0, 0.05) is 35.9 Å². The number of benzene rings is 1. The number of anilines is 1. The van der Waals surface area contributed by atoms with Crippen LogP contribution in [0.15, 0.2) is 12.1 Å². The Morgan fingerprint density at radius 2 is 1.95 bits per heavy atom. The van der Waals surface area contributed by atoms with Crippen LogP contribution in [-0.2, 0) is 12.0 Å². The third-order valence-corrected chi connectivity index (χ3v) is 4.80. The highest BCUT2D eigenvalue weighted by molar-refractivity contribution is 5.64. The maximum absolute atomic E-state index is 6.63. The second-order valence-electron chi connectivity index (χ2n) is 6.03. The Hall–Kier alpha value is -1.22. The van der Waals surface area contributed by atoms with Gasteiger partial charge >= 0.3 is 0 Å². The van der Waals surface area contributed by atoms with Gasteiger partial charge in [-0.1, -0.05) is 18.9 Å². The number of ether oxygens (including phenoxy) is 1. The molecular formula is C16H24N2O. The van der Waals surface area contributed by atoms with E-state index in [1.807, 2.05) is 0 Å². The van der Waals surface area contributed by atoms with Crippen LogP contribution in [0.1, 0.15) is 43.2 Å². The van der Waals surface area contributed by atoms with Gasteiger partial charge in [0.2, 0.25) is 0 Å². The average molecular weight is 260 g/mol. The van der Waals surface area contributed by atoms with Crippen molar-refractivity contribution in [3.63, 3.8) is 0 Å². The van der Waals surface area contributed by atoms with Crippen LogP contribution in [0.25, 0.3) is 0 Å². The van der Waals surface area contributed by atoms with Gasteiger partial charge in [-0.05, 0) is 31.7 Å². The largest absolute Gasteiger partial charge is 0.496 e. The molecule has 1 saturated carbocycles. The Morgan fingerprint density at radius 3 is 2.63 bits per heavy atom. The minimum atomic E-state index is -0.170. The highest BCUT2D eigenvalue weighted by atomic mass is 16.5. The maximum atomic E-state index is 6.63. The second kappa shape index (κ2) is 4.71. The third-order valence-electron chi connectivity index (χ3n) is 4.80. The van der Waals surface area contributed by atoms with E-state index < -0.39 is 0 Å². The summed E-state index contributed by atoms with van der Waals surface area (Å²) in [6.45, 7) is 1.13. The van der Waals surface area contributed by atoms with Gasteiger partial charge in [-0.2, -0.15) is 0 Å². The van der Waals surface area contributed by atoms with Crippen LogP contribution in [0.4, 0.5) is 5.69 Å². The fraction of sp³-hybridized carbons (Fsp3) is 0.625. The van der Waals surface area contributed by atoms with E-state index in [9.17, 15) is 0 Å². The van der Waals surface area contributed by atoms with Crippen LogP contribution in [0.2, 0.25) is 0 Å². The number of nitrogens with zero attached hydrogens (tertiary/aromatic N) is 1. The SMILES string of the molecule is COc1c(C2(N)CCCC2)ccc2c1CCCN2C. The predicted octanol–water partition coefficient (Wildman–Crippen LogP) is 2.81. The zero-order valence-electron chi connectivity index (χ0n) is 12.0. The van der Waals surface area contributed by atoms with Crippen molar-refractivity contribution in [3.05, 3.63) is 23.3 Å². The molecule has 0 aromatic heterocycles. The molecule has 1 aliphatic carbocycles. The Kier molecular flexibility index (Phi) is 3.17. The topological polar surface area (TPSA) is 38.5 Å². The number of fused-ring (bicyclic) bond motifs is 1. The second-order valence-corrected chi connectivity index (χ2v) is 6.03. The van der Waals surface area contributed by atoms with E-state index >= 15 is 0 Å². The quantitative estimate of drug-likeness (QED) is 0.888. The Bertz CT molecular complexity index is 478. The molecule has 0 spiro atoms. The normalized spacial score (nSPS) is 21.3. The fourth-order valence-electron chi connectivity index (χ4n) is 3.73. The lowest BCUT2D eigenvalue weighted by atomic mass is 9.85. The molecule has 1 heterocycles. The van der Waals surface area contributed by atoms with Crippen LogP contribution in [0.3, 0.4) is 0 Å². The van der Waals surface area contributed by atoms with Crippen molar-refractivity contribution in [3.8, 4) is 5.75 Å².